The van der Waals surface area contributed by atoms with Crippen molar-refractivity contribution in [1.82, 2.24) is 4.31 Å². The minimum atomic E-state index is -3.86. The van der Waals surface area contributed by atoms with Gasteiger partial charge in [0.25, 0.3) is 0 Å². The summed E-state index contributed by atoms with van der Waals surface area (Å²) in [6.45, 7) is 0.285. The molecule has 6 rings (SSSR count). The Labute approximate surface area is 208 Å². The molecule has 5 aromatic rings. The first kappa shape index (κ1) is 22.6. The number of hydrogen-bond donors (Lipinski definition) is 1. The summed E-state index contributed by atoms with van der Waals surface area (Å²) in [4.78, 5) is 13.6. The summed E-state index contributed by atoms with van der Waals surface area (Å²) < 4.78 is 39.9. The minimum Gasteiger partial charge on any atom is -0.495 e. The fourth-order valence-corrected chi connectivity index (χ4v) is 6.68. The lowest BCUT2D eigenvalue weighted by Gasteiger charge is -2.24. The van der Waals surface area contributed by atoms with Gasteiger partial charge in [-0.15, -0.1) is 0 Å². The highest BCUT2D eigenvalue weighted by Crippen LogP contribution is 2.37. The topological polar surface area (TPSA) is 88.9 Å². The standard InChI is InChI=1S/C28H24N2O5S/c1-34-27-16-22-21-9-4-5-11-25(21)35-26(22)17-23(27)29-28(31)24-10-6-14-30(24)36(32,33)20-13-12-18-7-2-3-8-19(18)15-20/h2-5,7-9,11-13,15-17,24H,6,10,14H2,1H3,(H,29,31). The Morgan fingerprint density at radius 1 is 0.944 bits per heavy atom. The molecule has 1 saturated heterocycles. The highest BCUT2D eigenvalue weighted by Gasteiger charge is 2.39. The molecule has 1 N–H and O–H groups in total. The van der Waals surface area contributed by atoms with Crippen LogP contribution in [0.4, 0.5) is 5.69 Å². The molecule has 4 aromatic carbocycles. The largest absolute Gasteiger partial charge is 0.495 e. The van der Waals surface area contributed by atoms with Crippen LogP contribution in [0.15, 0.2) is 88.2 Å². The van der Waals surface area contributed by atoms with Crippen LogP contribution in [0, 0.1) is 0 Å². The average Bonchev–Trinajstić information content (AvgIpc) is 3.53. The van der Waals surface area contributed by atoms with E-state index in [4.69, 9.17) is 9.15 Å². The Bertz CT molecular complexity index is 1740. The highest BCUT2D eigenvalue weighted by atomic mass is 32.2. The summed E-state index contributed by atoms with van der Waals surface area (Å²) in [6, 6.07) is 23.1. The van der Waals surface area contributed by atoms with Crippen molar-refractivity contribution in [2.45, 2.75) is 23.8 Å². The van der Waals surface area contributed by atoms with Crippen LogP contribution in [-0.2, 0) is 14.8 Å². The normalized spacial score (nSPS) is 16.6. The molecule has 0 radical (unpaired) electrons. The maximum Gasteiger partial charge on any atom is 0.243 e. The number of fused-ring (bicyclic) bond motifs is 4. The van der Waals surface area contributed by atoms with Crippen molar-refractivity contribution in [2.24, 2.45) is 0 Å². The molecule has 0 saturated carbocycles. The molecule has 2 heterocycles. The molecule has 1 fully saturated rings. The van der Waals surface area contributed by atoms with E-state index in [9.17, 15) is 13.2 Å². The number of carbonyl (C=O) groups is 1. The molecule has 1 aliphatic rings. The van der Waals surface area contributed by atoms with Crippen LogP contribution in [0.5, 0.6) is 5.75 Å². The van der Waals surface area contributed by atoms with E-state index in [1.54, 1.807) is 24.3 Å². The van der Waals surface area contributed by atoms with Crippen LogP contribution >= 0.6 is 0 Å². The van der Waals surface area contributed by atoms with Gasteiger partial charge in [0.2, 0.25) is 15.9 Å². The third-order valence-corrected chi connectivity index (χ3v) is 8.69. The smallest absolute Gasteiger partial charge is 0.243 e. The summed E-state index contributed by atoms with van der Waals surface area (Å²) in [5, 5.41) is 6.52. The zero-order valence-electron chi connectivity index (χ0n) is 19.6. The maximum atomic E-state index is 13.5. The fourth-order valence-electron chi connectivity index (χ4n) is 4.99. The summed E-state index contributed by atoms with van der Waals surface area (Å²) in [6.07, 6.45) is 1.04. The van der Waals surface area contributed by atoms with Gasteiger partial charge in [-0.25, -0.2) is 8.42 Å². The maximum absolute atomic E-state index is 13.5. The molecule has 0 bridgehead atoms. The number of para-hydroxylation sites is 1. The third kappa shape index (κ3) is 3.70. The van der Waals surface area contributed by atoms with E-state index >= 15 is 0 Å². The summed E-state index contributed by atoms with van der Waals surface area (Å²) in [7, 11) is -2.33. The van der Waals surface area contributed by atoms with Crippen LogP contribution in [0.25, 0.3) is 32.7 Å². The Morgan fingerprint density at radius 2 is 1.72 bits per heavy atom. The van der Waals surface area contributed by atoms with Crippen molar-refractivity contribution in [3.05, 3.63) is 78.9 Å². The zero-order chi connectivity index (χ0) is 24.9. The van der Waals surface area contributed by atoms with E-state index in [0.29, 0.717) is 29.9 Å². The molecule has 1 aromatic heterocycles. The Kier molecular flexibility index (Phi) is 5.43. The first-order chi connectivity index (χ1) is 17.5. The number of hydrogen-bond acceptors (Lipinski definition) is 5. The quantitative estimate of drug-likeness (QED) is 0.342. The van der Waals surface area contributed by atoms with Gasteiger partial charge in [0.1, 0.15) is 23.0 Å². The number of furan rings is 1. The van der Waals surface area contributed by atoms with E-state index < -0.39 is 22.0 Å². The lowest BCUT2D eigenvalue weighted by molar-refractivity contribution is -0.119. The molecular formula is C28H24N2O5S. The van der Waals surface area contributed by atoms with Crippen LogP contribution in [0.2, 0.25) is 0 Å². The number of ether oxygens (including phenoxy) is 1. The van der Waals surface area contributed by atoms with Crippen LogP contribution in [0.1, 0.15) is 12.8 Å². The fraction of sp³-hybridized carbons (Fsp3) is 0.179. The van der Waals surface area contributed by atoms with Crippen molar-refractivity contribution in [3.8, 4) is 5.75 Å². The number of nitrogens with zero attached hydrogens (tertiary/aromatic N) is 1. The number of methoxy groups -OCH3 is 1. The number of rotatable bonds is 5. The number of sulfonamides is 1. The van der Waals surface area contributed by atoms with Crippen molar-refractivity contribution in [1.29, 1.82) is 0 Å². The average molecular weight is 501 g/mol. The monoisotopic (exact) mass is 500 g/mol. The van der Waals surface area contributed by atoms with Gasteiger partial charge >= 0.3 is 0 Å². The first-order valence-corrected chi connectivity index (χ1v) is 13.2. The molecule has 7 nitrogen and oxygen atoms in total. The minimum absolute atomic E-state index is 0.183. The highest BCUT2D eigenvalue weighted by molar-refractivity contribution is 7.89. The SMILES string of the molecule is COc1cc2c(cc1NC(=O)C1CCCN1S(=O)(=O)c1ccc3ccccc3c1)oc1ccccc12. The van der Waals surface area contributed by atoms with Gasteiger partial charge < -0.3 is 14.5 Å². The Balaban J connectivity index is 1.31. The number of nitrogens with one attached hydrogen (secondary N) is 1. The molecule has 1 aliphatic heterocycles. The molecular weight excluding hydrogens is 476 g/mol. The molecule has 1 unspecified atom stereocenters. The molecule has 36 heavy (non-hydrogen) atoms. The van der Waals surface area contributed by atoms with Gasteiger partial charge in [-0.2, -0.15) is 4.31 Å². The van der Waals surface area contributed by atoms with Crippen molar-refractivity contribution >= 4 is 54.3 Å². The molecule has 0 spiro atoms. The number of anilines is 1. The molecule has 1 amide bonds. The van der Waals surface area contributed by atoms with Gasteiger partial charge in [-0.1, -0.05) is 48.5 Å². The number of benzene rings is 4. The second kappa shape index (κ2) is 8.65. The molecule has 8 heteroatoms. The number of amides is 1. The number of carbonyl (C=O) groups excluding carboxylic acids is 1. The third-order valence-electron chi connectivity index (χ3n) is 6.79. The van der Waals surface area contributed by atoms with Gasteiger partial charge in [-0.3, -0.25) is 4.79 Å². The van der Waals surface area contributed by atoms with E-state index in [1.807, 2.05) is 54.6 Å². The predicted molar refractivity (Wildman–Crippen MR) is 140 cm³/mol. The van der Waals surface area contributed by atoms with Crippen LogP contribution in [-0.4, -0.2) is 38.3 Å². The molecule has 1 atom stereocenters. The van der Waals surface area contributed by atoms with E-state index in [0.717, 1.165) is 27.1 Å². The summed E-state index contributed by atoms with van der Waals surface area (Å²) >= 11 is 0. The van der Waals surface area contributed by atoms with Gasteiger partial charge in [0.05, 0.1) is 17.7 Å². The van der Waals surface area contributed by atoms with Gasteiger partial charge in [0.15, 0.2) is 0 Å². The lowest BCUT2D eigenvalue weighted by atomic mass is 10.1. The van der Waals surface area contributed by atoms with Crippen LogP contribution in [0.3, 0.4) is 0 Å². The van der Waals surface area contributed by atoms with Crippen LogP contribution < -0.4 is 10.1 Å². The van der Waals surface area contributed by atoms with Gasteiger partial charge in [0, 0.05) is 23.4 Å². The summed E-state index contributed by atoms with van der Waals surface area (Å²) in [5.74, 6) is 0.0787. The second-order valence-corrected chi connectivity index (χ2v) is 10.8. The summed E-state index contributed by atoms with van der Waals surface area (Å²) in [5.41, 5.74) is 1.78. The zero-order valence-corrected chi connectivity index (χ0v) is 20.4. The van der Waals surface area contributed by atoms with Gasteiger partial charge in [-0.05, 0) is 47.9 Å². The van der Waals surface area contributed by atoms with Crippen molar-refractivity contribution in [3.63, 3.8) is 0 Å². The van der Waals surface area contributed by atoms with Crippen molar-refractivity contribution in [2.75, 3.05) is 19.0 Å². The lowest BCUT2D eigenvalue weighted by Crippen LogP contribution is -2.43. The van der Waals surface area contributed by atoms with E-state index in [-0.39, 0.29) is 11.4 Å². The predicted octanol–water partition coefficient (Wildman–Crippen LogP) is 5.54. The van der Waals surface area contributed by atoms with E-state index in [1.165, 1.54) is 11.4 Å². The second-order valence-electron chi connectivity index (χ2n) is 8.92. The first-order valence-electron chi connectivity index (χ1n) is 11.8. The Morgan fingerprint density at radius 3 is 2.56 bits per heavy atom. The Hall–Kier alpha value is -3.88. The van der Waals surface area contributed by atoms with E-state index in [2.05, 4.69) is 5.32 Å². The molecule has 182 valence electrons. The van der Waals surface area contributed by atoms with Crippen molar-refractivity contribution < 1.29 is 22.4 Å². The molecule has 0 aliphatic carbocycles.